The SMILES string of the molecule is COc1cccc(C(=O)C=Cc2ccc(OC)c(Cn3cccn3)c2)c1. The molecule has 132 valence electrons. The molecule has 5 nitrogen and oxygen atoms in total. The van der Waals surface area contributed by atoms with Gasteiger partial charge in [0.15, 0.2) is 5.78 Å². The van der Waals surface area contributed by atoms with Crippen LogP contribution < -0.4 is 9.47 Å². The smallest absolute Gasteiger partial charge is 0.185 e. The second-order valence-corrected chi connectivity index (χ2v) is 5.70. The minimum Gasteiger partial charge on any atom is -0.497 e. The summed E-state index contributed by atoms with van der Waals surface area (Å²) in [4.78, 5) is 12.4. The quantitative estimate of drug-likeness (QED) is 0.481. The van der Waals surface area contributed by atoms with Crippen LogP contribution in [0.3, 0.4) is 0 Å². The molecule has 0 radical (unpaired) electrons. The van der Waals surface area contributed by atoms with E-state index in [0.717, 1.165) is 16.9 Å². The van der Waals surface area contributed by atoms with Crippen molar-refractivity contribution in [1.82, 2.24) is 9.78 Å². The second kappa shape index (κ2) is 8.16. The van der Waals surface area contributed by atoms with Crippen LogP contribution in [-0.2, 0) is 6.54 Å². The summed E-state index contributed by atoms with van der Waals surface area (Å²) in [5, 5.41) is 4.22. The number of hydrogen-bond acceptors (Lipinski definition) is 4. The van der Waals surface area contributed by atoms with Crippen molar-refractivity contribution in [2.24, 2.45) is 0 Å². The Balaban J connectivity index is 1.80. The van der Waals surface area contributed by atoms with Gasteiger partial charge in [0.25, 0.3) is 0 Å². The normalized spacial score (nSPS) is 10.8. The van der Waals surface area contributed by atoms with Gasteiger partial charge in [-0.25, -0.2) is 0 Å². The summed E-state index contributed by atoms with van der Waals surface area (Å²) in [5.74, 6) is 1.38. The maximum absolute atomic E-state index is 12.4. The first-order valence-corrected chi connectivity index (χ1v) is 8.20. The first-order valence-electron chi connectivity index (χ1n) is 8.20. The van der Waals surface area contributed by atoms with Gasteiger partial charge in [-0.2, -0.15) is 5.10 Å². The number of allylic oxidation sites excluding steroid dienone is 1. The fourth-order valence-electron chi connectivity index (χ4n) is 2.64. The lowest BCUT2D eigenvalue weighted by molar-refractivity contribution is 0.104. The molecule has 0 spiro atoms. The van der Waals surface area contributed by atoms with Crippen molar-refractivity contribution in [3.05, 3.63) is 83.7 Å². The number of ether oxygens (including phenoxy) is 2. The molecule has 0 amide bonds. The highest BCUT2D eigenvalue weighted by atomic mass is 16.5. The van der Waals surface area contributed by atoms with Crippen LogP contribution in [0.5, 0.6) is 11.5 Å². The van der Waals surface area contributed by atoms with E-state index in [0.29, 0.717) is 17.9 Å². The monoisotopic (exact) mass is 348 g/mol. The Kier molecular flexibility index (Phi) is 5.49. The van der Waals surface area contributed by atoms with Gasteiger partial charge in [0.05, 0.1) is 20.8 Å². The molecule has 5 heteroatoms. The summed E-state index contributed by atoms with van der Waals surface area (Å²) in [7, 11) is 3.22. The van der Waals surface area contributed by atoms with Gasteiger partial charge in [0.1, 0.15) is 11.5 Å². The van der Waals surface area contributed by atoms with E-state index in [1.807, 2.05) is 41.2 Å². The Morgan fingerprint density at radius 3 is 2.73 bits per heavy atom. The van der Waals surface area contributed by atoms with Crippen molar-refractivity contribution in [2.75, 3.05) is 14.2 Å². The zero-order valence-electron chi connectivity index (χ0n) is 14.8. The molecule has 2 aromatic carbocycles. The Morgan fingerprint density at radius 2 is 2.00 bits per heavy atom. The Bertz CT molecular complexity index is 915. The minimum absolute atomic E-state index is 0.0756. The number of nitrogens with zero attached hydrogens (tertiary/aromatic N) is 2. The fourth-order valence-corrected chi connectivity index (χ4v) is 2.64. The van der Waals surface area contributed by atoms with Crippen molar-refractivity contribution in [3.8, 4) is 11.5 Å². The lowest BCUT2D eigenvalue weighted by Gasteiger charge is -2.09. The standard InChI is InChI=1S/C21H20N2O3/c1-25-19-6-3-5-17(14-19)20(24)9-7-16-8-10-21(26-2)18(13-16)15-23-12-4-11-22-23/h3-14H,15H2,1-2H3. The lowest BCUT2D eigenvalue weighted by Crippen LogP contribution is -2.02. The average molecular weight is 348 g/mol. The number of ketones is 1. The van der Waals surface area contributed by atoms with E-state index in [-0.39, 0.29) is 5.78 Å². The molecular formula is C21H20N2O3. The molecule has 0 unspecified atom stereocenters. The van der Waals surface area contributed by atoms with Crippen LogP contribution in [0, 0.1) is 0 Å². The van der Waals surface area contributed by atoms with Crippen molar-refractivity contribution < 1.29 is 14.3 Å². The van der Waals surface area contributed by atoms with Gasteiger partial charge in [-0.3, -0.25) is 9.48 Å². The van der Waals surface area contributed by atoms with Crippen LogP contribution >= 0.6 is 0 Å². The molecule has 26 heavy (non-hydrogen) atoms. The third-order valence-corrected chi connectivity index (χ3v) is 3.98. The average Bonchev–Trinajstić information content (AvgIpc) is 3.19. The van der Waals surface area contributed by atoms with Crippen molar-refractivity contribution in [2.45, 2.75) is 6.54 Å². The minimum atomic E-state index is -0.0756. The summed E-state index contributed by atoms with van der Waals surface area (Å²) in [6, 6.07) is 14.8. The van der Waals surface area contributed by atoms with Gasteiger partial charge in [0.2, 0.25) is 0 Å². The van der Waals surface area contributed by atoms with Crippen molar-refractivity contribution in [1.29, 1.82) is 0 Å². The van der Waals surface area contributed by atoms with Crippen LogP contribution in [-0.4, -0.2) is 29.8 Å². The predicted molar refractivity (Wildman–Crippen MR) is 101 cm³/mol. The Labute approximate surface area is 152 Å². The zero-order chi connectivity index (χ0) is 18.4. The van der Waals surface area contributed by atoms with Crippen molar-refractivity contribution in [3.63, 3.8) is 0 Å². The molecule has 0 atom stereocenters. The van der Waals surface area contributed by atoms with E-state index in [1.165, 1.54) is 0 Å². The third-order valence-electron chi connectivity index (χ3n) is 3.98. The summed E-state index contributed by atoms with van der Waals surface area (Å²) in [5.41, 5.74) is 2.50. The van der Waals surface area contributed by atoms with E-state index in [1.54, 1.807) is 50.8 Å². The van der Waals surface area contributed by atoms with Gasteiger partial charge in [-0.1, -0.05) is 24.3 Å². The molecule has 1 aromatic heterocycles. The molecule has 0 saturated carbocycles. The summed E-state index contributed by atoms with van der Waals surface area (Å²) < 4.78 is 12.4. The predicted octanol–water partition coefficient (Wildman–Crippen LogP) is 3.84. The molecule has 1 heterocycles. The zero-order valence-corrected chi connectivity index (χ0v) is 14.8. The van der Waals surface area contributed by atoms with Crippen LogP contribution in [0.25, 0.3) is 6.08 Å². The molecule has 0 aliphatic heterocycles. The van der Waals surface area contributed by atoms with Crippen LogP contribution in [0.15, 0.2) is 67.0 Å². The van der Waals surface area contributed by atoms with Crippen LogP contribution in [0.4, 0.5) is 0 Å². The van der Waals surface area contributed by atoms with Gasteiger partial charge in [-0.15, -0.1) is 0 Å². The van der Waals surface area contributed by atoms with E-state index in [9.17, 15) is 4.79 Å². The molecule has 3 aromatic rings. The molecule has 0 N–H and O–H groups in total. The molecular weight excluding hydrogens is 328 g/mol. The molecule has 0 aliphatic carbocycles. The molecule has 0 aliphatic rings. The second-order valence-electron chi connectivity index (χ2n) is 5.70. The maximum Gasteiger partial charge on any atom is 0.185 e. The fraction of sp³-hybridized carbons (Fsp3) is 0.143. The van der Waals surface area contributed by atoms with Gasteiger partial charge in [-0.05, 0) is 42.0 Å². The summed E-state index contributed by atoms with van der Waals surface area (Å²) in [6.45, 7) is 0.599. The Hall–Kier alpha value is -3.34. The number of carbonyl (C=O) groups excluding carboxylic acids is 1. The van der Waals surface area contributed by atoms with Crippen LogP contribution in [0.1, 0.15) is 21.5 Å². The highest BCUT2D eigenvalue weighted by Crippen LogP contribution is 2.22. The topological polar surface area (TPSA) is 53.4 Å². The number of carbonyl (C=O) groups is 1. The summed E-state index contributed by atoms with van der Waals surface area (Å²) in [6.07, 6.45) is 7.00. The highest BCUT2D eigenvalue weighted by Gasteiger charge is 2.06. The number of rotatable bonds is 7. The van der Waals surface area contributed by atoms with Crippen molar-refractivity contribution >= 4 is 11.9 Å². The molecule has 0 saturated heterocycles. The van der Waals surface area contributed by atoms with Gasteiger partial charge >= 0.3 is 0 Å². The molecule has 3 rings (SSSR count). The van der Waals surface area contributed by atoms with E-state index >= 15 is 0 Å². The number of aromatic nitrogens is 2. The number of methoxy groups -OCH3 is 2. The van der Waals surface area contributed by atoms with E-state index in [4.69, 9.17) is 9.47 Å². The van der Waals surface area contributed by atoms with Gasteiger partial charge in [0, 0.05) is 23.5 Å². The number of hydrogen-bond donors (Lipinski definition) is 0. The van der Waals surface area contributed by atoms with Crippen LogP contribution in [0.2, 0.25) is 0 Å². The largest absolute Gasteiger partial charge is 0.497 e. The van der Waals surface area contributed by atoms with Gasteiger partial charge < -0.3 is 9.47 Å². The highest BCUT2D eigenvalue weighted by molar-refractivity contribution is 6.07. The lowest BCUT2D eigenvalue weighted by atomic mass is 10.1. The first kappa shape index (κ1) is 17.5. The first-order chi connectivity index (χ1) is 12.7. The molecule has 0 fully saturated rings. The number of benzene rings is 2. The summed E-state index contributed by atoms with van der Waals surface area (Å²) >= 11 is 0. The van der Waals surface area contributed by atoms with E-state index in [2.05, 4.69) is 5.10 Å². The third kappa shape index (κ3) is 4.19. The van der Waals surface area contributed by atoms with E-state index < -0.39 is 0 Å². The maximum atomic E-state index is 12.4. The molecule has 0 bridgehead atoms. The Morgan fingerprint density at radius 1 is 1.12 bits per heavy atom.